The van der Waals surface area contributed by atoms with Crippen molar-refractivity contribution in [1.29, 1.82) is 0 Å². The van der Waals surface area contributed by atoms with Crippen LogP contribution in [0.2, 0.25) is 0 Å². The van der Waals surface area contributed by atoms with Crippen molar-refractivity contribution < 1.29 is 4.74 Å². The minimum atomic E-state index is 0.394. The lowest BCUT2D eigenvalue weighted by Crippen LogP contribution is -1.99. The summed E-state index contributed by atoms with van der Waals surface area (Å²) in [6.45, 7) is 2.49. The third-order valence-corrected chi connectivity index (χ3v) is 5.31. The predicted octanol–water partition coefficient (Wildman–Crippen LogP) is 5.58. The molecular formula is C26H22N4O. The third kappa shape index (κ3) is 3.90. The largest absolute Gasteiger partial charge is 0.487 e. The Hall–Kier alpha value is -3.99. The standard InChI is InChI=1S/C26H22N4O/c1-18-15-21-5-3-4-6-24(21)28-26(18)20-7-9-22(10-8-20)31-17-25-23(16-30(2)29-25)19-11-13-27-14-12-19/h3-16H,17H2,1-2H3. The summed E-state index contributed by atoms with van der Waals surface area (Å²) in [4.78, 5) is 8.95. The summed E-state index contributed by atoms with van der Waals surface area (Å²) >= 11 is 0. The number of para-hydroxylation sites is 1. The number of rotatable bonds is 5. The molecule has 0 unspecified atom stereocenters. The van der Waals surface area contributed by atoms with Crippen molar-refractivity contribution in [2.75, 3.05) is 0 Å². The van der Waals surface area contributed by atoms with Gasteiger partial charge in [-0.3, -0.25) is 9.67 Å². The average Bonchev–Trinajstić information content (AvgIpc) is 3.19. The van der Waals surface area contributed by atoms with Gasteiger partial charge in [-0.05, 0) is 66.6 Å². The van der Waals surface area contributed by atoms with Crippen LogP contribution in [0.1, 0.15) is 11.3 Å². The average molecular weight is 406 g/mol. The molecule has 0 aliphatic heterocycles. The Kier molecular flexibility index (Phi) is 4.92. The fourth-order valence-electron chi connectivity index (χ4n) is 3.79. The zero-order valence-corrected chi connectivity index (χ0v) is 17.5. The van der Waals surface area contributed by atoms with E-state index in [1.165, 1.54) is 0 Å². The summed E-state index contributed by atoms with van der Waals surface area (Å²) in [6.07, 6.45) is 5.58. The van der Waals surface area contributed by atoms with Crippen LogP contribution in [0.5, 0.6) is 5.75 Å². The summed E-state index contributed by atoms with van der Waals surface area (Å²) in [5.41, 5.74) is 7.25. The topological polar surface area (TPSA) is 52.8 Å². The van der Waals surface area contributed by atoms with Crippen LogP contribution < -0.4 is 4.74 Å². The molecule has 0 spiro atoms. The van der Waals surface area contributed by atoms with Gasteiger partial charge in [-0.25, -0.2) is 4.98 Å². The van der Waals surface area contributed by atoms with E-state index in [1.54, 1.807) is 12.4 Å². The Balaban J connectivity index is 1.36. The molecular weight excluding hydrogens is 384 g/mol. The molecule has 0 saturated carbocycles. The van der Waals surface area contributed by atoms with Crippen molar-refractivity contribution >= 4 is 10.9 Å². The Morgan fingerprint density at radius 1 is 0.903 bits per heavy atom. The van der Waals surface area contributed by atoms with Crippen molar-refractivity contribution in [3.05, 3.63) is 96.6 Å². The Morgan fingerprint density at radius 3 is 2.48 bits per heavy atom. The second-order valence-electron chi connectivity index (χ2n) is 7.56. The smallest absolute Gasteiger partial charge is 0.133 e. The molecule has 5 aromatic rings. The first kappa shape index (κ1) is 19.0. The van der Waals surface area contributed by atoms with Gasteiger partial charge in [-0.2, -0.15) is 5.10 Å². The van der Waals surface area contributed by atoms with Crippen LogP contribution in [-0.2, 0) is 13.7 Å². The highest BCUT2D eigenvalue weighted by Crippen LogP contribution is 2.28. The molecule has 0 bridgehead atoms. The van der Waals surface area contributed by atoms with Crippen LogP contribution in [0.25, 0.3) is 33.3 Å². The number of benzene rings is 2. The van der Waals surface area contributed by atoms with Gasteiger partial charge in [0.1, 0.15) is 18.1 Å². The molecule has 3 aromatic heterocycles. The first-order valence-electron chi connectivity index (χ1n) is 10.2. The summed E-state index contributed by atoms with van der Waals surface area (Å²) in [7, 11) is 1.92. The monoisotopic (exact) mass is 406 g/mol. The molecule has 31 heavy (non-hydrogen) atoms. The lowest BCUT2D eigenvalue weighted by Gasteiger charge is -2.10. The van der Waals surface area contributed by atoms with Crippen molar-refractivity contribution in [1.82, 2.24) is 19.7 Å². The zero-order valence-electron chi connectivity index (χ0n) is 17.5. The van der Waals surface area contributed by atoms with Crippen molar-refractivity contribution in [3.8, 4) is 28.1 Å². The van der Waals surface area contributed by atoms with E-state index in [-0.39, 0.29) is 0 Å². The first-order chi connectivity index (χ1) is 15.2. The lowest BCUT2D eigenvalue weighted by atomic mass is 10.0. The zero-order chi connectivity index (χ0) is 21.2. The summed E-state index contributed by atoms with van der Waals surface area (Å²) < 4.78 is 7.86. The van der Waals surface area contributed by atoms with Gasteiger partial charge in [-0.15, -0.1) is 0 Å². The molecule has 152 valence electrons. The van der Waals surface area contributed by atoms with E-state index in [1.807, 2.05) is 60.4 Å². The van der Waals surface area contributed by atoms with E-state index >= 15 is 0 Å². The number of hydrogen-bond donors (Lipinski definition) is 0. The molecule has 5 heteroatoms. The summed E-state index contributed by atoms with van der Waals surface area (Å²) in [5.74, 6) is 0.800. The molecule has 0 atom stereocenters. The number of aryl methyl sites for hydroxylation is 2. The summed E-state index contributed by atoms with van der Waals surface area (Å²) in [5, 5.41) is 5.73. The van der Waals surface area contributed by atoms with Crippen LogP contribution in [-0.4, -0.2) is 19.7 Å². The van der Waals surface area contributed by atoms with Crippen molar-refractivity contribution in [2.24, 2.45) is 7.05 Å². The van der Waals surface area contributed by atoms with Crippen LogP contribution in [0.3, 0.4) is 0 Å². The first-order valence-corrected chi connectivity index (χ1v) is 10.2. The maximum Gasteiger partial charge on any atom is 0.133 e. The maximum absolute atomic E-state index is 6.05. The van der Waals surface area contributed by atoms with E-state index < -0.39 is 0 Å². The molecule has 5 rings (SSSR count). The van der Waals surface area contributed by atoms with Gasteiger partial charge in [0, 0.05) is 42.2 Å². The van der Waals surface area contributed by atoms with Gasteiger partial charge in [0.05, 0.1) is 11.2 Å². The molecule has 2 aromatic carbocycles. The minimum absolute atomic E-state index is 0.394. The Morgan fingerprint density at radius 2 is 1.68 bits per heavy atom. The highest BCUT2D eigenvalue weighted by molar-refractivity contribution is 5.83. The Labute approximate surface area is 181 Å². The van der Waals surface area contributed by atoms with Gasteiger partial charge in [0.15, 0.2) is 0 Å². The van der Waals surface area contributed by atoms with Crippen LogP contribution >= 0.6 is 0 Å². The van der Waals surface area contributed by atoms with E-state index in [0.29, 0.717) is 6.61 Å². The number of hydrogen-bond acceptors (Lipinski definition) is 4. The molecule has 0 aliphatic carbocycles. The second-order valence-corrected chi connectivity index (χ2v) is 7.56. The lowest BCUT2D eigenvalue weighted by molar-refractivity contribution is 0.300. The second kappa shape index (κ2) is 8.03. The number of nitrogens with zero attached hydrogens (tertiary/aromatic N) is 4. The molecule has 0 radical (unpaired) electrons. The van der Waals surface area contributed by atoms with Gasteiger partial charge in [0.2, 0.25) is 0 Å². The molecule has 0 N–H and O–H groups in total. The van der Waals surface area contributed by atoms with Crippen LogP contribution in [0.4, 0.5) is 0 Å². The highest BCUT2D eigenvalue weighted by atomic mass is 16.5. The Bertz CT molecular complexity index is 1340. The maximum atomic E-state index is 6.05. The predicted molar refractivity (Wildman–Crippen MR) is 123 cm³/mol. The molecule has 0 amide bonds. The third-order valence-electron chi connectivity index (χ3n) is 5.31. The number of ether oxygens (including phenoxy) is 1. The van der Waals surface area contributed by atoms with E-state index in [0.717, 1.165) is 50.3 Å². The van der Waals surface area contributed by atoms with Gasteiger partial charge >= 0.3 is 0 Å². The van der Waals surface area contributed by atoms with Gasteiger partial charge in [0.25, 0.3) is 0 Å². The van der Waals surface area contributed by atoms with Crippen molar-refractivity contribution in [3.63, 3.8) is 0 Å². The van der Waals surface area contributed by atoms with Gasteiger partial charge < -0.3 is 4.74 Å². The highest BCUT2D eigenvalue weighted by Gasteiger charge is 2.11. The number of fused-ring (bicyclic) bond motifs is 1. The van der Waals surface area contributed by atoms with E-state index in [4.69, 9.17) is 9.72 Å². The molecule has 0 saturated heterocycles. The number of aromatic nitrogens is 4. The van der Waals surface area contributed by atoms with Crippen molar-refractivity contribution in [2.45, 2.75) is 13.5 Å². The SMILES string of the molecule is Cc1cc2ccccc2nc1-c1ccc(OCc2nn(C)cc2-c2ccncc2)cc1. The minimum Gasteiger partial charge on any atom is -0.487 e. The molecule has 0 aliphatic rings. The normalized spacial score (nSPS) is 11.0. The van der Waals surface area contributed by atoms with Crippen LogP contribution in [0, 0.1) is 6.92 Å². The quantitative estimate of drug-likeness (QED) is 0.382. The fourth-order valence-corrected chi connectivity index (χ4v) is 3.79. The molecule has 5 nitrogen and oxygen atoms in total. The summed E-state index contributed by atoms with van der Waals surface area (Å²) in [6, 6.07) is 22.4. The van der Waals surface area contributed by atoms with Crippen LogP contribution in [0.15, 0.2) is 85.3 Å². The van der Waals surface area contributed by atoms with Gasteiger partial charge in [-0.1, -0.05) is 18.2 Å². The number of pyridine rings is 2. The van der Waals surface area contributed by atoms with E-state index in [9.17, 15) is 0 Å². The fraction of sp³-hybridized carbons (Fsp3) is 0.115. The van der Waals surface area contributed by atoms with E-state index in [2.05, 4.69) is 41.3 Å². The molecule has 3 heterocycles. The molecule has 0 fully saturated rings.